The molecule has 0 aliphatic heterocycles. The molecule has 6 aromatic rings. The molecule has 0 fully saturated rings. The van der Waals surface area contributed by atoms with Crippen molar-refractivity contribution >= 4 is 50.1 Å². The molecule has 2 aliphatic rings. The van der Waals surface area contributed by atoms with E-state index < -0.39 is 7.12 Å². The van der Waals surface area contributed by atoms with Crippen molar-refractivity contribution in [3.8, 4) is 22.3 Å². The molecule has 8 rings (SSSR count). The van der Waals surface area contributed by atoms with Crippen molar-refractivity contribution in [2.75, 3.05) is 0 Å². The lowest BCUT2D eigenvalue weighted by atomic mass is 9.75. The lowest BCUT2D eigenvalue weighted by Gasteiger charge is -2.22. The van der Waals surface area contributed by atoms with Crippen molar-refractivity contribution in [1.82, 2.24) is 0 Å². The van der Waals surface area contributed by atoms with Gasteiger partial charge in [-0.05, 0) is 83.6 Å². The van der Waals surface area contributed by atoms with Crippen molar-refractivity contribution in [3.63, 3.8) is 0 Å². The molecular weight excluding hydrogens is 579 g/mol. The van der Waals surface area contributed by atoms with Crippen LogP contribution >= 0.6 is 15.9 Å². The van der Waals surface area contributed by atoms with Crippen LogP contribution in [0, 0.1) is 0 Å². The fourth-order valence-electron chi connectivity index (χ4n) is 7.16. The summed E-state index contributed by atoms with van der Waals surface area (Å²) in [5.74, 6) is 0. The third kappa shape index (κ3) is 4.00. The topological polar surface area (TPSA) is 40.5 Å². The zero-order valence-electron chi connectivity index (χ0n) is 24.2. The van der Waals surface area contributed by atoms with Crippen LogP contribution < -0.4 is 5.46 Å². The second-order valence-electron chi connectivity index (χ2n) is 12.5. The monoisotopic (exact) mass is 610 g/mol. The number of rotatable bonds is 1. The molecule has 0 unspecified atom stereocenters. The van der Waals surface area contributed by atoms with Gasteiger partial charge in [-0.15, -0.1) is 0 Å². The van der Waals surface area contributed by atoms with E-state index in [0.717, 1.165) is 10.0 Å². The number of benzene rings is 6. The summed E-state index contributed by atoms with van der Waals surface area (Å²) in [5, 5.41) is 24.1. The Bertz CT molecular complexity index is 2040. The Balaban J connectivity index is 0.000000138. The largest absolute Gasteiger partial charge is 0.488 e. The maximum atomic E-state index is 9.47. The Morgan fingerprint density at radius 3 is 1.52 bits per heavy atom. The maximum Gasteiger partial charge on any atom is 0.488 e. The fraction of sp³-hybridized carbons (Fsp3) is 0.158. The number of hydrogen-bond acceptors (Lipinski definition) is 2. The molecule has 2 aliphatic carbocycles. The smallest absolute Gasteiger partial charge is 0.423 e. The van der Waals surface area contributed by atoms with Gasteiger partial charge in [0.2, 0.25) is 0 Å². The summed E-state index contributed by atoms with van der Waals surface area (Å²) in [6.45, 7) is 9.03. The second kappa shape index (κ2) is 9.67. The van der Waals surface area contributed by atoms with E-state index in [2.05, 4.69) is 135 Å². The van der Waals surface area contributed by atoms with E-state index in [4.69, 9.17) is 0 Å². The van der Waals surface area contributed by atoms with Gasteiger partial charge in [-0.3, -0.25) is 0 Å². The van der Waals surface area contributed by atoms with Crippen LogP contribution in [0.1, 0.15) is 49.9 Å². The molecule has 0 saturated carbocycles. The lowest BCUT2D eigenvalue weighted by molar-refractivity contribution is 0.425. The average Bonchev–Trinajstić information content (AvgIpc) is 3.36. The van der Waals surface area contributed by atoms with E-state index >= 15 is 0 Å². The van der Waals surface area contributed by atoms with Gasteiger partial charge >= 0.3 is 7.12 Å². The fourth-order valence-corrected chi connectivity index (χ4v) is 7.53. The van der Waals surface area contributed by atoms with Gasteiger partial charge in [0, 0.05) is 15.3 Å². The van der Waals surface area contributed by atoms with Crippen LogP contribution in [-0.4, -0.2) is 17.2 Å². The van der Waals surface area contributed by atoms with Crippen molar-refractivity contribution in [3.05, 3.63) is 136 Å². The predicted molar refractivity (Wildman–Crippen MR) is 181 cm³/mol. The number of fused-ring (bicyclic) bond motifs is 10. The zero-order chi connectivity index (χ0) is 29.4. The van der Waals surface area contributed by atoms with E-state index in [1.54, 1.807) is 6.07 Å². The third-order valence-electron chi connectivity index (χ3n) is 9.41. The first-order valence-corrected chi connectivity index (χ1v) is 15.2. The average molecular weight is 611 g/mol. The summed E-state index contributed by atoms with van der Waals surface area (Å²) >= 11 is 3.61. The SMILES string of the molecule is CC1(C)c2cc(B(O)O)ccc2-c2c1ccc1ccccc21.CC1(C)c2cc(Br)ccc2-c2c1ccc1ccccc21. The van der Waals surface area contributed by atoms with Gasteiger partial charge in [-0.2, -0.15) is 0 Å². The molecule has 0 amide bonds. The summed E-state index contributed by atoms with van der Waals surface area (Å²) in [7, 11) is -1.43. The molecule has 6 aromatic carbocycles. The molecule has 0 radical (unpaired) electrons. The Labute approximate surface area is 255 Å². The molecule has 0 spiro atoms. The second-order valence-corrected chi connectivity index (χ2v) is 13.5. The highest BCUT2D eigenvalue weighted by Crippen LogP contribution is 2.52. The van der Waals surface area contributed by atoms with Crippen molar-refractivity contribution in [1.29, 1.82) is 0 Å². The van der Waals surface area contributed by atoms with Crippen LogP contribution in [-0.2, 0) is 10.8 Å². The molecule has 42 heavy (non-hydrogen) atoms. The Morgan fingerprint density at radius 2 is 1.00 bits per heavy atom. The Hall–Kier alpha value is -3.70. The number of hydrogen-bond donors (Lipinski definition) is 2. The van der Waals surface area contributed by atoms with E-state index in [1.807, 2.05) is 12.1 Å². The highest BCUT2D eigenvalue weighted by molar-refractivity contribution is 9.10. The minimum atomic E-state index is -1.43. The molecule has 4 heteroatoms. The Kier molecular flexibility index (Phi) is 6.25. The van der Waals surface area contributed by atoms with E-state index in [-0.39, 0.29) is 10.8 Å². The molecule has 0 atom stereocenters. The van der Waals surface area contributed by atoms with Crippen LogP contribution in [0.4, 0.5) is 0 Å². The van der Waals surface area contributed by atoms with E-state index in [9.17, 15) is 10.0 Å². The molecule has 206 valence electrons. The van der Waals surface area contributed by atoms with Crippen molar-refractivity contribution in [2.45, 2.75) is 38.5 Å². The standard InChI is InChI=1S/C19H17BO2.C19H15Br/c1-19(2)16-10-7-12-5-3-4-6-14(12)18(16)15-9-8-13(20(21)22)11-17(15)19;1-19(2)16-10-7-12-5-3-4-6-14(12)18(16)15-9-8-13(20)11-17(15)19/h3-11,21-22H,1-2H3;3-11H,1-2H3. The van der Waals surface area contributed by atoms with Gasteiger partial charge in [0.25, 0.3) is 0 Å². The molecule has 0 saturated heterocycles. The first kappa shape index (κ1) is 27.2. The van der Waals surface area contributed by atoms with Crippen LogP contribution in [0.5, 0.6) is 0 Å². The van der Waals surface area contributed by atoms with Crippen LogP contribution in [0.3, 0.4) is 0 Å². The van der Waals surface area contributed by atoms with Gasteiger partial charge in [0.1, 0.15) is 0 Å². The highest BCUT2D eigenvalue weighted by Gasteiger charge is 2.38. The van der Waals surface area contributed by atoms with Gasteiger partial charge in [-0.25, -0.2) is 0 Å². The Morgan fingerprint density at radius 1 is 0.524 bits per heavy atom. The van der Waals surface area contributed by atoms with Crippen LogP contribution in [0.2, 0.25) is 0 Å². The molecule has 0 aromatic heterocycles. The van der Waals surface area contributed by atoms with Crippen LogP contribution in [0.15, 0.2) is 114 Å². The number of halogens is 1. The lowest BCUT2D eigenvalue weighted by Crippen LogP contribution is -2.31. The molecule has 2 N–H and O–H groups in total. The molecule has 0 heterocycles. The summed E-state index contributed by atoms with van der Waals surface area (Å²) in [5.41, 5.74) is 11.0. The summed E-state index contributed by atoms with van der Waals surface area (Å²) < 4.78 is 1.15. The normalized spacial score (nSPS) is 14.9. The molecule has 0 bridgehead atoms. The first-order valence-electron chi connectivity index (χ1n) is 14.4. The van der Waals surface area contributed by atoms with Crippen molar-refractivity contribution in [2.24, 2.45) is 0 Å². The van der Waals surface area contributed by atoms with E-state index in [1.165, 1.54) is 60.5 Å². The molecule has 2 nitrogen and oxygen atoms in total. The minimum absolute atomic E-state index is 0.0679. The summed E-state index contributed by atoms with van der Waals surface area (Å²) in [4.78, 5) is 0. The highest BCUT2D eigenvalue weighted by atomic mass is 79.9. The quantitative estimate of drug-likeness (QED) is 0.183. The summed E-state index contributed by atoms with van der Waals surface area (Å²) in [6, 6.07) is 38.4. The van der Waals surface area contributed by atoms with Crippen molar-refractivity contribution < 1.29 is 10.0 Å². The minimum Gasteiger partial charge on any atom is -0.423 e. The van der Waals surface area contributed by atoms with E-state index in [0.29, 0.717) is 5.46 Å². The molecular formula is C38H32BBrO2. The first-order chi connectivity index (χ1) is 20.1. The summed E-state index contributed by atoms with van der Waals surface area (Å²) in [6.07, 6.45) is 0. The predicted octanol–water partition coefficient (Wildman–Crippen LogP) is 8.73. The zero-order valence-corrected chi connectivity index (χ0v) is 25.8. The third-order valence-corrected chi connectivity index (χ3v) is 9.91. The van der Waals surface area contributed by atoms with Crippen LogP contribution in [0.25, 0.3) is 43.8 Å². The van der Waals surface area contributed by atoms with Gasteiger partial charge in [0.05, 0.1) is 0 Å². The van der Waals surface area contributed by atoms with Gasteiger partial charge in [-0.1, -0.05) is 141 Å². The maximum absolute atomic E-state index is 9.47. The van der Waals surface area contributed by atoms with Gasteiger partial charge in [0.15, 0.2) is 0 Å². The van der Waals surface area contributed by atoms with Gasteiger partial charge < -0.3 is 10.0 Å².